The molecule has 2 N–H and O–H groups in total. The number of hydrazine groups is 1. The van der Waals surface area contributed by atoms with Crippen molar-refractivity contribution in [2.45, 2.75) is 50.5 Å². The monoisotopic (exact) mass is 389 g/mol. The van der Waals surface area contributed by atoms with Crippen molar-refractivity contribution in [3.63, 3.8) is 0 Å². The van der Waals surface area contributed by atoms with E-state index in [9.17, 15) is 14.4 Å². The Morgan fingerprint density at radius 3 is 2.89 bits per heavy atom. The Morgan fingerprint density at radius 1 is 1.33 bits per heavy atom. The third-order valence-corrected chi connectivity index (χ3v) is 5.60. The number of nitrogens with zero attached hydrogens (tertiary/aromatic N) is 3. The van der Waals surface area contributed by atoms with Gasteiger partial charge in [0.1, 0.15) is 5.54 Å². The van der Waals surface area contributed by atoms with E-state index in [0.717, 1.165) is 29.8 Å². The van der Waals surface area contributed by atoms with Gasteiger partial charge in [-0.3, -0.25) is 15.0 Å². The minimum Gasteiger partial charge on any atom is -0.339 e. The molecular weight excluding hydrogens is 370 g/mol. The van der Waals surface area contributed by atoms with Crippen LogP contribution in [0.1, 0.15) is 44.4 Å². The van der Waals surface area contributed by atoms with Gasteiger partial charge in [-0.15, -0.1) is 0 Å². The highest BCUT2D eigenvalue weighted by Gasteiger charge is 2.52. The van der Waals surface area contributed by atoms with Gasteiger partial charge in [0.15, 0.2) is 0 Å². The van der Waals surface area contributed by atoms with E-state index in [1.165, 1.54) is 11.3 Å². The first kappa shape index (κ1) is 17.7. The van der Waals surface area contributed by atoms with Crippen molar-refractivity contribution in [1.29, 1.82) is 0 Å². The van der Waals surface area contributed by atoms with Crippen LogP contribution in [0.25, 0.3) is 11.4 Å². The minimum absolute atomic E-state index is 0.0231. The lowest BCUT2D eigenvalue weighted by Gasteiger charge is -2.30. The Hall–Kier alpha value is -2.75. The zero-order valence-corrected chi connectivity index (χ0v) is 15.4. The van der Waals surface area contributed by atoms with E-state index >= 15 is 0 Å². The van der Waals surface area contributed by atoms with Crippen molar-refractivity contribution >= 4 is 29.2 Å². The first-order valence-electron chi connectivity index (χ1n) is 8.89. The second-order valence-electron chi connectivity index (χ2n) is 6.77. The fourth-order valence-electron chi connectivity index (χ4n) is 3.48. The lowest BCUT2D eigenvalue weighted by Crippen LogP contribution is -2.51. The zero-order chi connectivity index (χ0) is 18.9. The van der Waals surface area contributed by atoms with Gasteiger partial charge in [0.2, 0.25) is 17.6 Å². The lowest BCUT2D eigenvalue weighted by atomic mass is 9.82. The number of hydrogen-bond donors (Lipinski definition) is 2. The summed E-state index contributed by atoms with van der Waals surface area (Å²) in [5.74, 6) is -0.0352. The van der Waals surface area contributed by atoms with Crippen LogP contribution >= 0.6 is 11.3 Å². The summed E-state index contributed by atoms with van der Waals surface area (Å²) < 4.78 is 5.14. The van der Waals surface area contributed by atoms with Crippen molar-refractivity contribution in [2.24, 2.45) is 0 Å². The molecule has 4 rings (SSSR count). The molecule has 2 fully saturated rings. The Kier molecular flexibility index (Phi) is 4.65. The van der Waals surface area contributed by atoms with Crippen LogP contribution in [-0.2, 0) is 16.0 Å². The highest BCUT2D eigenvalue weighted by Crippen LogP contribution is 2.33. The molecule has 1 spiro atoms. The highest BCUT2D eigenvalue weighted by molar-refractivity contribution is 7.08. The molecule has 2 aromatic heterocycles. The Balaban J connectivity index is 1.33. The van der Waals surface area contributed by atoms with Crippen molar-refractivity contribution in [3.05, 3.63) is 22.7 Å². The van der Waals surface area contributed by atoms with Crippen LogP contribution in [-0.4, -0.2) is 38.5 Å². The molecule has 1 saturated carbocycles. The van der Waals surface area contributed by atoms with E-state index in [2.05, 4.69) is 20.9 Å². The van der Waals surface area contributed by atoms with Gasteiger partial charge in [-0.25, -0.2) is 4.79 Å². The molecule has 1 aliphatic carbocycles. The molecular formula is C17H19N5O4S. The van der Waals surface area contributed by atoms with E-state index in [-0.39, 0.29) is 18.7 Å². The van der Waals surface area contributed by atoms with Crippen LogP contribution in [0.4, 0.5) is 4.79 Å². The van der Waals surface area contributed by atoms with Gasteiger partial charge in [0.25, 0.3) is 5.91 Å². The van der Waals surface area contributed by atoms with Gasteiger partial charge in [-0.2, -0.15) is 21.3 Å². The molecule has 0 aromatic carbocycles. The second-order valence-corrected chi connectivity index (χ2v) is 7.55. The summed E-state index contributed by atoms with van der Waals surface area (Å²) in [7, 11) is 0. The number of amides is 4. The predicted octanol–water partition coefficient (Wildman–Crippen LogP) is 2.02. The van der Waals surface area contributed by atoms with Crippen molar-refractivity contribution in [2.75, 3.05) is 0 Å². The third-order valence-electron chi connectivity index (χ3n) is 4.92. The fraction of sp³-hybridized carbons (Fsp3) is 0.471. The van der Waals surface area contributed by atoms with E-state index < -0.39 is 17.5 Å². The Bertz CT molecular complexity index is 857. The lowest BCUT2D eigenvalue weighted by molar-refractivity contribution is -0.139. The normalized spacial score (nSPS) is 18.7. The van der Waals surface area contributed by atoms with Gasteiger partial charge in [0, 0.05) is 23.8 Å². The van der Waals surface area contributed by atoms with Gasteiger partial charge in [-0.1, -0.05) is 24.4 Å². The second kappa shape index (κ2) is 7.10. The maximum Gasteiger partial charge on any atom is 0.344 e. The molecule has 3 heterocycles. The smallest absolute Gasteiger partial charge is 0.339 e. The molecule has 1 aliphatic heterocycles. The summed E-state index contributed by atoms with van der Waals surface area (Å²) in [6.07, 6.45) is 4.28. The predicted molar refractivity (Wildman–Crippen MR) is 95.3 cm³/mol. The SMILES string of the molecule is O=C(CCc1nc(-c2ccsc2)no1)NN1C(=O)NC2(CCCCC2)C1=O. The summed E-state index contributed by atoms with van der Waals surface area (Å²) >= 11 is 1.53. The zero-order valence-electron chi connectivity index (χ0n) is 14.6. The van der Waals surface area contributed by atoms with E-state index in [0.29, 0.717) is 24.6 Å². The number of nitrogens with one attached hydrogen (secondary N) is 2. The van der Waals surface area contributed by atoms with Gasteiger partial charge in [0.05, 0.1) is 0 Å². The maximum atomic E-state index is 12.6. The number of carbonyl (C=O) groups is 3. The van der Waals surface area contributed by atoms with Crippen molar-refractivity contribution in [1.82, 2.24) is 25.9 Å². The Morgan fingerprint density at radius 2 is 2.15 bits per heavy atom. The fourth-order valence-corrected chi connectivity index (χ4v) is 4.12. The first-order chi connectivity index (χ1) is 13.1. The number of urea groups is 1. The first-order valence-corrected chi connectivity index (χ1v) is 9.83. The van der Waals surface area contributed by atoms with Gasteiger partial charge in [-0.05, 0) is 24.3 Å². The number of hydrogen-bond acceptors (Lipinski definition) is 7. The van der Waals surface area contributed by atoms with Crippen LogP contribution in [0.5, 0.6) is 0 Å². The highest BCUT2D eigenvalue weighted by atomic mass is 32.1. The van der Waals surface area contributed by atoms with Crippen LogP contribution in [0.2, 0.25) is 0 Å². The van der Waals surface area contributed by atoms with E-state index in [1.54, 1.807) is 0 Å². The molecule has 0 atom stereocenters. The summed E-state index contributed by atoms with van der Waals surface area (Å²) in [6, 6.07) is 1.30. The number of aromatic nitrogens is 2. The van der Waals surface area contributed by atoms with Crippen molar-refractivity contribution in [3.8, 4) is 11.4 Å². The maximum absolute atomic E-state index is 12.6. The van der Waals surface area contributed by atoms with Crippen LogP contribution in [0.15, 0.2) is 21.3 Å². The molecule has 1 saturated heterocycles. The molecule has 0 unspecified atom stereocenters. The number of thiophene rings is 1. The number of aryl methyl sites for hydroxylation is 1. The van der Waals surface area contributed by atoms with E-state index in [1.807, 2.05) is 16.8 Å². The molecule has 2 aromatic rings. The van der Waals surface area contributed by atoms with Gasteiger partial charge < -0.3 is 9.84 Å². The minimum atomic E-state index is -0.857. The molecule has 2 aliphatic rings. The summed E-state index contributed by atoms with van der Waals surface area (Å²) in [5.41, 5.74) is 2.40. The van der Waals surface area contributed by atoms with Crippen LogP contribution in [0.3, 0.4) is 0 Å². The molecule has 4 amide bonds. The van der Waals surface area contributed by atoms with Crippen molar-refractivity contribution < 1.29 is 18.9 Å². The van der Waals surface area contributed by atoms with Crippen LogP contribution in [0, 0.1) is 0 Å². The summed E-state index contributed by atoms with van der Waals surface area (Å²) in [6.45, 7) is 0. The third kappa shape index (κ3) is 3.44. The molecule has 27 heavy (non-hydrogen) atoms. The largest absolute Gasteiger partial charge is 0.344 e. The standard InChI is InChI=1S/C17H19N5O4S/c23-12(4-5-13-18-14(21-26-13)11-6-9-27-10-11)20-22-15(24)17(19-16(22)25)7-2-1-3-8-17/h6,9-10H,1-5,7-8H2,(H,19,25)(H,20,23). The Labute approximate surface area is 159 Å². The molecule has 0 radical (unpaired) electrons. The number of carbonyl (C=O) groups excluding carboxylic acids is 3. The summed E-state index contributed by atoms with van der Waals surface area (Å²) in [4.78, 5) is 41.2. The van der Waals surface area contributed by atoms with E-state index in [4.69, 9.17) is 4.52 Å². The molecule has 9 nitrogen and oxygen atoms in total. The average Bonchev–Trinajstić information content (AvgIpc) is 3.39. The average molecular weight is 389 g/mol. The molecule has 0 bridgehead atoms. The van der Waals surface area contributed by atoms with Crippen LogP contribution < -0.4 is 10.7 Å². The quantitative estimate of drug-likeness (QED) is 0.756. The topological polar surface area (TPSA) is 117 Å². The number of imide groups is 1. The molecule has 142 valence electrons. The van der Waals surface area contributed by atoms with Gasteiger partial charge >= 0.3 is 6.03 Å². The number of rotatable bonds is 5. The summed E-state index contributed by atoms with van der Waals surface area (Å²) in [5, 5.41) is 11.3. The molecule has 10 heteroatoms.